The van der Waals surface area contributed by atoms with E-state index in [2.05, 4.69) is 4.98 Å². The average molecular weight is 182 g/mol. The van der Waals surface area contributed by atoms with Crippen molar-refractivity contribution in [2.75, 3.05) is 12.3 Å². The molecule has 0 saturated heterocycles. The van der Waals surface area contributed by atoms with Gasteiger partial charge in [-0.15, -0.1) is 0 Å². The van der Waals surface area contributed by atoms with Crippen LogP contribution in [0.5, 0.6) is 0 Å². The van der Waals surface area contributed by atoms with E-state index in [1.54, 1.807) is 6.07 Å². The smallest absolute Gasteiger partial charge is 0.182 e. The highest BCUT2D eigenvalue weighted by Gasteiger charge is 2.09. The fourth-order valence-corrected chi connectivity index (χ4v) is 0.908. The van der Waals surface area contributed by atoms with Gasteiger partial charge in [0, 0.05) is 0 Å². The van der Waals surface area contributed by atoms with Gasteiger partial charge in [-0.2, -0.15) is 5.26 Å². The maximum atomic E-state index is 9.08. The molecule has 0 saturated carbocycles. The minimum atomic E-state index is -0.886. The van der Waals surface area contributed by atoms with Gasteiger partial charge < -0.3 is 20.5 Å². The van der Waals surface area contributed by atoms with Crippen LogP contribution in [0.15, 0.2) is 6.33 Å². The van der Waals surface area contributed by atoms with Gasteiger partial charge in [0.2, 0.25) is 0 Å². The van der Waals surface area contributed by atoms with Gasteiger partial charge in [-0.3, -0.25) is 0 Å². The van der Waals surface area contributed by atoms with E-state index in [1.165, 1.54) is 10.9 Å². The summed E-state index contributed by atoms with van der Waals surface area (Å²) in [7, 11) is 0. The highest BCUT2D eigenvalue weighted by molar-refractivity contribution is 5.44. The summed E-state index contributed by atoms with van der Waals surface area (Å²) in [4.78, 5) is 3.71. The van der Waals surface area contributed by atoms with Gasteiger partial charge in [-0.1, -0.05) is 0 Å². The molecule has 0 bridgehead atoms. The molecule has 1 unspecified atom stereocenters. The third kappa shape index (κ3) is 1.96. The third-order valence-corrected chi connectivity index (χ3v) is 1.60. The number of imidazole rings is 1. The number of hydrogen-bond acceptors (Lipinski definition) is 5. The highest BCUT2D eigenvalue weighted by atomic mass is 16.3. The molecular weight excluding hydrogens is 172 g/mol. The lowest BCUT2D eigenvalue weighted by Crippen LogP contribution is -2.20. The molecule has 13 heavy (non-hydrogen) atoms. The first-order valence-corrected chi connectivity index (χ1v) is 3.68. The lowest BCUT2D eigenvalue weighted by Gasteiger charge is -2.08. The van der Waals surface area contributed by atoms with Crippen LogP contribution < -0.4 is 5.73 Å². The molecule has 1 aromatic rings. The Hall–Kier alpha value is -1.58. The highest BCUT2D eigenvalue weighted by Crippen LogP contribution is 2.08. The first-order chi connectivity index (χ1) is 6.19. The molecular formula is C7H10N4O2. The van der Waals surface area contributed by atoms with Crippen LogP contribution in [0.25, 0.3) is 0 Å². The van der Waals surface area contributed by atoms with Crippen molar-refractivity contribution in [2.24, 2.45) is 0 Å². The van der Waals surface area contributed by atoms with Gasteiger partial charge in [0.25, 0.3) is 0 Å². The number of nitrogens with two attached hydrogens (primary N) is 1. The summed E-state index contributed by atoms with van der Waals surface area (Å²) in [6.07, 6.45) is 0.468. The minimum Gasteiger partial charge on any atom is -0.394 e. The molecule has 1 aromatic heterocycles. The SMILES string of the molecule is N#Cc1ncn(CC(O)CO)c1N. The normalized spacial score (nSPS) is 12.4. The van der Waals surface area contributed by atoms with E-state index in [0.29, 0.717) is 0 Å². The van der Waals surface area contributed by atoms with E-state index in [0.717, 1.165) is 0 Å². The molecule has 4 N–H and O–H groups in total. The summed E-state index contributed by atoms with van der Waals surface area (Å²) in [5.74, 6) is 0.204. The minimum absolute atomic E-state index is 0.130. The standard InChI is InChI=1S/C7H10N4O2/c8-1-6-7(9)11(4-10-6)2-5(13)3-12/h4-5,12-13H,2-3,9H2. The van der Waals surface area contributed by atoms with Crippen LogP contribution in [-0.2, 0) is 6.54 Å². The fraction of sp³-hybridized carbons (Fsp3) is 0.429. The third-order valence-electron chi connectivity index (χ3n) is 1.60. The number of rotatable bonds is 3. The van der Waals surface area contributed by atoms with E-state index in [9.17, 15) is 0 Å². The van der Waals surface area contributed by atoms with Crippen molar-refractivity contribution in [3.05, 3.63) is 12.0 Å². The van der Waals surface area contributed by atoms with Crippen molar-refractivity contribution in [2.45, 2.75) is 12.6 Å². The van der Waals surface area contributed by atoms with Crippen LogP contribution in [0, 0.1) is 11.3 Å². The second-order valence-corrected chi connectivity index (χ2v) is 2.58. The molecule has 0 amide bonds. The van der Waals surface area contributed by atoms with Crippen LogP contribution in [0.1, 0.15) is 5.69 Å². The number of anilines is 1. The molecule has 0 spiro atoms. The molecule has 6 nitrogen and oxygen atoms in total. The fourth-order valence-electron chi connectivity index (χ4n) is 0.908. The monoisotopic (exact) mass is 182 g/mol. The lowest BCUT2D eigenvalue weighted by molar-refractivity contribution is 0.0816. The zero-order valence-corrected chi connectivity index (χ0v) is 6.88. The maximum absolute atomic E-state index is 9.08. The molecule has 1 rings (SSSR count). The second kappa shape index (κ2) is 3.89. The zero-order chi connectivity index (χ0) is 9.84. The summed E-state index contributed by atoms with van der Waals surface area (Å²) in [6.45, 7) is -0.212. The first-order valence-electron chi connectivity index (χ1n) is 3.68. The molecule has 0 aliphatic carbocycles. The summed E-state index contributed by atoms with van der Waals surface area (Å²) in [5.41, 5.74) is 5.63. The van der Waals surface area contributed by atoms with E-state index < -0.39 is 6.10 Å². The van der Waals surface area contributed by atoms with Crippen molar-refractivity contribution >= 4 is 5.82 Å². The quantitative estimate of drug-likeness (QED) is 0.538. The Kier molecular flexibility index (Phi) is 2.84. The van der Waals surface area contributed by atoms with Gasteiger partial charge in [0.15, 0.2) is 5.69 Å². The molecule has 0 radical (unpaired) electrons. The molecule has 0 aliphatic heterocycles. The van der Waals surface area contributed by atoms with E-state index in [1.807, 2.05) is 0 Å². The van der Waals surface area contributed by atoms with E-state index in [4.69, 9.17) is 21.2 Å². The molecule has 70 valence electrons. The van der Waals surface area contributed by atoms with Crippen LogP contribution in [-0.4, -0.2) is 32.5 Å². The molecule has 0 aromatic carbocycles. The number of aliphatic hydroxyl groups excluding tert-OH is 2. The predicted octanol–water partition coefficient (Wildman–Crippen LogP) is -1.31. The van der Waals surface area contributed by atoms with Crippen molar-refractivity contribution in [3.8, 4) is 6.07 Å². The Bertz CT molecular complexity index is 328. The van der Waals surface area contributed by atoms with E-state index >= 15 is 0 Å². The van der Waals surface area contributed by atoms with Gasteiger partial charge in [0.1, 0.15) is 11.9 Å². The first kappa shape index (κ1) is 9.51. The Morgan fingerprint density at radius 3 is 2.92 bits per heavy atom. The van der Waals surface area contributed by atoms with Crippen LogP contribution in [0.3, 0.4) is 0 Å². The predicted molar refractivity (Wildman–Crippen MR) is 44.4 cm³/mol. The van der Waals surface area contributed by atoms with E-state index in [-0.39, 0.29) is 24.7 Å². The number of nitrogen functional groups attached to an aromatic ring is 1. The number of aliphatic hydroxyl groups is 2. The molecule has 6 heteroatoms. The Morgan fingerprint density at radius 1 is 1.77 bits per heavy atom. The molecule has 1 heterocycles. The van der Waals surface area contributed by atoms with Crippen molar-refractivity contribution < 1.29 is 10.2 Å². The summed E-state index contributed by atoms with van der Waals surface area (Å²) < 4.78 is 1.42. The molecule has 0 aliphatic rings. The van der Waals surface area contributed by atoms with Gasteiger partial charge >= 0.3 is 0 Å². The van der Waals surface area contributed by atoms with Gasteiger partial charge in [-0.05, 0) is 0 Å². The lowest BCUT2D eigenvalue weighted by atomic mass is 10.3. The van der Waals surface area contributed by atoms with Crippen molar-refractivity contribution in [3.63, 3.8) is 0 Å². The van der Waals surface area contributed by atoms with Crippen LogP contribution in [0.2, 0.25) is 0 Å². The van der Waals surface area contributed by atoms with Gasteiger partial charge in [0.05, 0.1) is 25.6 Å². The largest absolute Gasteiger partial charge is 0.394 e. The Balaban J connectivity index is 2.79. The van der Waals surface area contributed by atoms with Crippen molar-refractivity contribution in [1.82, 2.24) is 9.55 Å². The number of nitriles is 1. The van der Waals surface area contributed by atoms with Gasteiger partial charge in [-0.25, -0.2) is 4.98 Å². The maximum Gasteiger partial charge on any atom is 0.182 e. The summed E-state index contributed by atoms with van der Waals surface area (Å²) in [6, 6.07) is 1.81. The number of aromatic nitrogens is 2. The molecule has 1 atom stereocenters. The topological polar surface area (TPSA) is 108 Å². The Morgan fingerprint density at radius 2 is 2.46 bits per heavy atom. The number of hydrogen-bond donors (Lipinski definition) is 3. The van der Waals surface area contributed by atoms with Crippen LogP contribution in [0.4, 0.5) is 5.82 Å². The summed E-state index contributed by atoms with van der Waals surface area (Å²) in [5, 5.41) is 26.1. The zero-order valence-electron chi connectivity index (χ0n) is 6.88. The average Bonchev–Trinajstić information content (AvgIpc) is 2.48. The summed E-state index contributed by atoms with van der Waals surface area (Å²) >= 11 is 0. The molecule has 0 fully saturated rings. The Labute approximate surface area is 74.9 Å². The second-order valence-electron chi connectivity index (χ2n) is 2.58. The van der Waals surface area contributed by atoms with Crippen LogP contribution >= 0.6 is 0 Å². The van der Waals surface area contributed by atoms with Crippen molar-refractivity contribution in [1.29, 1.82) is 5.26 Å². The number of nitrogens with zero attached hydrogens (tertiary/aromatic N) is 3.